The molecule has 2 rings (SSSR count). The number of rotatable bonds is 2. The number of carboxylic acids is 1. The minimum absolute atomic E-state index is 0.303. The van der Waals surface area contributed by atoms with Crippen molar-refractivity contribution in [2.24, 2.45) is 17.3 Å². The molecule has 0 aromatic rings. The van der Waals surface area contributed by atoms with Crippen molar-refractivity contribution in [2.75, 3.05) is 6.54 Å². The van der Waals surface area contributed by atoms with Crippen molar-refractivity contribution in [2.45, 2.75) is 58.4 Å². The third kappa shape index (κ3) is 3.21. The molecule has 1 saturated heterocycles. The number of carbonyl (C=O) groups is 1. The number of hydrogen-bond donors (Lipinski definition) is 2. The molecule has 1 aliphatic carbocycles. The lowest BCUT2D eigenvalue weighted by Crippen LogP contribution is -2.46. The van der Waals surface area contributed by atoms with E-state index in [0.717, 1.165) is 25.3 Å². The van der Waals surface area contributed by atoms with Gasteiger partial charge in [0.05, 0.1) is 0 Å². The molecule has 2 aliphatic rings. The van der Waals surface area contributed by atoms with E-state index in [1.165, 1.54) is 25.7 Å². The molecule has 0 bridgehead atoms. The first-order valence-corrected chi connectivity index (χ1v) is 6.94. The van der Waals surface area contributed by atoms with E-state index >= 15 is 0 Å². The molecule has 0 aromatic heterocycles. The maximum absolute atomic E-state index is 10.9. The van der Waals surface area contributed by atoms with E-state index in [1.807, 2.05) is 0 Å². The molecule has 1 aliphatic heterocycles. The van der Waals surface area contributed by atoms with Crippen molar-refractivity contribution in [3.8, 4) is 0 Å². The Morgan fingerprint density at radius 3 is 2.53 bits per heavy atom. The Labute approximate surface area is 104 Å². The zero-order chi connectivity index (χ0) is 12.5. The Balaban J connectivity index is 1.86. The van der Waals surface area contributed by atoms with Crippen molar-refractivity contribution in [3.05, 3.63) is 0 Å². The predicted molar refractivity (Wildman–Crippen MR) is 67.9 cm³/mol. The molecule has 0 aromatic carbocycles. The van der Waals surface area contributed by atoms with E-state index in [1.54, 1.807) is 0 Å². The van der Waals surface area contributed by atoms with Gasteiger partial charge in [0.15, 0.2) is 0 Å². The van der Waals surface area contributed by atoms with E-state index in [-0.39, 0.29) is 6.04 Å². The number of nitrogens with one attached hydrogen (secondary N) is 1. The van der Waals surface area contributed by atoms with Gasteiger partial charge in [-0.1, -0.05) is 26.7 Å². The normalized spacial score (nSPS) is 37.6. The molecule has 2 fully saturated rings. The van der Waals surface area contributed by atoms with Crippen molar-refractivity contribution in [1.82, 2.24) is 5.32 Å². The highest BCUT2D eigenvalue weighted by Crippen LogP contribution is 2.43. The molecule has 1 saturated carbocycles. The number of hydrogen-bond acceptors (Lipinski definition) is 2. The summed E-state index contributed by atoms with van der Waals surface area (Å²) in [4.78, 5) is 10.9. The first-order valence-electron chi connectivity index (χ1n) is 6.94. The van der Waals surface area contributed by atoms with Crippen LogP contribution in [0.2, 0.25) is 0 Å². The van der Waals surface area contributed by atoms with Gasteiger partial charge in [0, 0.05) is 0 Å². The first-order chi connectivity index (χ1) is 7.98. The standard InChI is InChI=1S/C14H25NO2/c1-14(2)7-3-4-10(8-14)11-5-6-12(13(16)17)15-9-11/h10-12,15H,3-9H2,1-2H3,(H,16,17). The van der Waals surface area contributed by atoms with Gasteiger partial charge in [0.25, 0.3) is 0 Å². The van der Waals surface area contributed by atoms with Gasteiger partial charge in [-0.15, -0.1) is 0 Å². The summed E-state index contributed by atoms with van der Waals surface area (Å²) in [5.74, 6) is 0.818. The Morgan fingerprint density at radius 2 is 2.00 bits per heavy atom. The maximum Gasteiger partial charge on any atom is 0.320 e. The van der Waals surface area contributed by atoms with Gasteiger partial charge in [-0.25, -0.2) is 0 Å². The molecule has 98 valence electrons. The molecule has 1 heterocycles. The highest BCUT2D eigenvalue weighted by atomic mass is 16.4. The summed E-state index contributed by atoms with van der Waals surface area (Å²) in [5, 5.41) is 12.1. The lowest BCUT2D eigenvalue weighted by molar-refractivity contribution is -0.140. The summed E-state index contributed by atoms with van der Waals surface area (Å²) in [5.41, 5.74) is 0.493. The van der Waals surface area contributed by atoms with Crippen molar-refractivity contribution in [1.29, 1.82) is 0 Å². The average molecular weight is 239 g/mol. The Morgan fingerprint density at radius 1 is 1.24 bits per heavy atom. The van der Waals surface area contributed by atoms with Crippen LogP contribution in [0.4, 0.5) is 0 Å². The third-order valence-electron chi connectivity index (χ3n) is 4.66. The number of aliphatic carboxylic acids is 1. The summed E-state index contributed by atoms with van der Waals surface area (Å²) < 4.78 is 0. The van der Waals surface area contributed by atoms with Crippen molar-refractivity contribution in [3.63, 3.8) is 0 Å². The van der Waals surface area contributed by atoms with E-state index in [0.29, 0.717) is 11.3 Å². The van der Waals surface area contributed by atoms with Gasteiger partial charge in [-0.3, -0.25) is 4.79 Å². The van der Waals surface area contributed by atoms with Crippen LogP contribution in [0.15, 0.2) is 0 Å². The smallest absolute Gasteiger partial charge is 0.320 e. The van der Waals surface area contributed by atoms with Crippen LogP contribution in [0.3, 0.4) is 0 Å². The second kappa shape index (κ2) is 4.97. The van der Waals surface area contributed by atoms with Crippen LogP contribution < -0.4 is 5.32 Å². The van der Waals surface area contributed by atoms with E-state index in [4.69, 9.17) is 5.11 Å². The van der Waals surface area contributed by atoms with Crippen molar-refractivity contribution < 1.29 is 9.90 Å². The highest BCUT2D eigenvalue weighted by molar-refractivity contribution is 5.73. The van der Waals surface area contributed by atoms with Gasteiger partial charge < -0.3 is 10.4 Å². The zero-order valence-electron chi connectivity index (χ0n) is 11.0. The van der Waals surface area contributed by atoms with E-state index < -0.39 is 5.97 Å². The van der Waals surface area contributed by atoms with Crippen LogP contribution in [-0.2, 0) is 4.79 Å². The molecule has 3 unspecified atom stereocenters. The molecule has 0 spiro atoms. The quantitative estimate of drug-likeness (QED) is 0.779. The average Bonchev–Trinajstić information content (AvgIpc) is 2.28. The summed E-state index contributed by atoms with van der Waals surface area (Å²) in [6.45, 7) is 5.64. The Bertz CT molecular complexity index is 280. The van der Waals surface area contributed by atoms with Crippen LogP contribution in [0.5, 0.6) is 0 Å². The first kappa shape index (κ1) is 12.9. The minimum Gasteiger partial charge on any atom is -0.480 e. The van der Waals surface area contributed by atoms with Gasteiger partial charge in [0.1, 0.15) is 6.04 Å². The predicted octanol–water partition coefficient (Wildman–Crippen LogP) is 2.66. The lowest BCUT2D eigenvalue weighted by atomic mass is 9.67. The topological polar surface area (TPSA) is 49.3 Å². The summed E-state index contributed by atoms with van der Waals surface area (Å²) >= 11 is 0. The van der Waals surface area contributed by atoms with Crippen LogP contribution in [0.1, 0.15) is 52.4 Å². The molecule has 2 N–H and O–H groups in total. The summed E-state index contributed by atoms with van der Waals surface area (Å²) in [6.07, 6.45) is 7.24. The second-order valence-corrected chi connectivity index (χ2v) is 6.66. The fourth-order valence-electron chi connectivity index (χ4n) is 3.65. The van der Waals surface area contributed by atoms with Crippen LogP contribution in [0.25, 0.3) is 0 Å². The second-order valence-electron chi connectivity index (χ2n) is 6.66. The van der Waals surface area contributed by atoms with Crippen LogP contribution in [-0.4, -0.2) is 23.7 Å². The molecule has 0 radical (unpaired) electrons. The van der Waals surface area contributed by atoms with Gasteiger partial charge in [-0.2, -0.15) is 0 Å². The van der Waals surface area contributed by atoms with Gasteiger partial charge in [-0.05, 0) is 49.5 Å². The fourth-order valence-corrected chi connectivity index (χ4v) is 3.65. The molecule has 3 heteroatoms. The zero-order valence-corrected chi connectivity index (χ0v) is 11.0. The molecular formula is C14H25NO2. The summed E-state index contributed by atoms with van der Waals surface area (Å²) in [6, 6.07) is -0.303. The van der Waals surface area contributed by atoms with E-state index in [2.05, 4.69) is 19.2 Å². The monoisotopic (exact) mass is 239 g/mol. The molecular weight excluding hydrogens is 214 g/mol. The molecule has 3 nitrogen and oxygen atoms in total. The van der Waals surface area contributed by atoms with Crippen LogP contribution >= 0.6 is 0 Å². The number of piperidine rings is 1. The third-order valence-corrected chi connectivity index (χ3v) is 4.66. The summed E-state index contributed by atoms with van der Waals surface area (Å²) in [7, 11) is 0. The highest BCUT2D eigenvalue weighted by Gasteiger charge is 2.35. The van der Waals surface area contributed by atoms with Crippen LogP contribution in [0, 0.1) is 17.3 Å². The fraction of sp³-hybridized carbons (Fsp3) is 0.929. The molecule has 0 amide bonds. The Hall–Kier alpha value is -0.570. The minimum atomic E-state index is -0.688. The largest absolute Gasteiger partial charge is 0.480 e. The Kier molecular flexibility index (Phi) is 3.76. The van der Waals surface area contributed by atoms with Gasteiger partial charge in [0.2, 0.25) is 0 Å². The molecule has 17 heavy (non-hydrogen) atoms. The maximum atomic E-state index is 10.9. The lowest BCUT2D eigenvalue weighted by Gasteiger charge is -2.41. The van der Waals surface area contributed by atoms with Crippen molar-refractivity contribution >= 4 is 5.97 Å². The van der Waals surface area contributed by atoms with E-state index in [9.17, 15) is 4.79 Å². The van der Waals surface area contributed by atoms with Gasteiger partial charge >= 0.3 is 5.97 Å². The number of carboxylic acid groups (broad SMARTS) is 1. The molecule has 3 atom stereocenters. The SMILES string of the molecule is CC1(C)CCCC(C2CCC(C(=O)O)NC2)C1.